The van der Waals surface area contributed by atoms with Gasteiger partial charge in [-0.15, -0.1) is 6.58 Å². The third-order valence-corrected chi connectivity index (χ3v) is 2.29. The number of rotatable bonds is 5. The second kappa shape index (κ2) is 5.56. The van der Waals surface area contributed by atoms with Gasteiger partial charge in [-0.25, -0.2) is 0 Å². The fourth-order valence-electron chi connectivity index (χ4n) is 1.41. The van der Waals surface area contributed by atoms with E-state index in [4.69, 9.17) is 10.5 Å². The first-order chi connectivity index (χ1) is 7.15. The van der Waals surface area contributed by atoms with Crippen molar-refractivity contribution in [3.8, 4) is 5.75 Å². The molecule has 1 aromatic rings. The highest BCUT2D eigenvalue weighted by molar-refractivity contribution is 5.40. The Morgan fingerprint density at radius 2 is 2.20 bits per heavy atom. The van der Waals surface area contributed by atoms with Crippen LogP contribution in [-0.2, 0) is 6.54 Å². The summed E-state index contributed by atoms with van der Waals surface area (Å²) in [7, 11) is 0. The van der Waals surface area contributed by atoms with E-state index in [-0.39, 0.29) is 0 Å². The Morgan fingerprint density at radius 3 is 2.80 bits per heavy atom. The van der Waals surface area contributed by atoms with Gasteiger partial charge in [0.2, 0.25) is 0 Å². The van der Waals surface area contributed by atoms with Gasteiger partial charge in [0, 0.05) is 18.5 Å². The Balaban J connectivity index is 2.70. The number of hydrogen-bond acceptors (Lipinski definition) is 2. The zero-order valence-electron chi connectivity index (χ0n) is 9.55. The summed E-state index contributed by atoms with van der Waals surface area (Å²) in [5, 5.41) is 0. The molecule has 82 valence electrons. The van der Waals surface area contributed by atoms with Crippen molar-refractivity contribution in [2.75, 3.05) is 6.61 Å². The molecule has 0 atom stereocenters. The molecule has 0 bridgehead atoms. The predicted octanol–water partition coefficient (Wildman–Crippen LogP) is 2.80. The zero-order chi connectivity index (χ0) is 11.3. The Morgan fingerprint density at radius 1 is 1.47 bits per heavy atom. The summed E-state index contributed by atoms with van der Waals surface area (Å²) >= 11 is 0. The van der Waals surface area contributed by atoms with Gasteiger partial charge in [0.1, 0.15) is 5.75 Å². The molecule has 0 aliphatic carbocycles. The van der Waals surface area contributed by atoms with Crippen LogP contribution in [0, 0.1) is 6.92 Å². The van der Waals surface area contributed by atoms with E-state index in [1.807, 2.05) is 32.0 Å². The molecule has 1 aromatic carbocycles. The molecule has 2 nitrogen and oxygen atoms in total. The van der Waals surface area contributed by atoms with Crippen LogP contribution in [0.4, 0.5) is 0 Å². The Bertz CT molecular complexity index is 344. The molecule has 0 fully saturated rings. The molecule has 1 rings (SSSR count). The Hall–Kier alpha value is -1.28. The monoisotopic (exact) mass is 205 g/mol. The molecular formula is C13H19NO. The molecule has 0 aliphatic heterocycles. The van der Waals surface area contributed by atoms with Crippen molar-refractivity contribution in [2.45, 2.75) is 26.8 Å². The highest BCUT2D eigenvalue weighted by atomic mass is 16.5. The molecule has 0 unspecified atom stereocenters. The number of ether oxygens (including phenoxy) is 1. The molecular weight excluding hydrogens is 186 g/mol. The highest BCUT2D eigenvalue weighted by Gasteiger charge is 2.04. The Kier molecular flexibility index (Phi) is 4.37. The molecule has 0 spiro atoms. The third kappa shape index (κ3) is 3.40. The van der Waals surface area contributed by atoms with E-state index < -0.39 is 0 Å². The lowest BCUT2D eigenvalue weighted by Gasteiger charge is -2.12. The van der Waals surface area contributed by atoms with Crippen LogP contribution in [-0.4, -0.2) is 6.61 Å². The molecule has 0 aromatic heterocycles. The van der Waals surface area contributed by atoms with E-state index in [2.05, 4.69) is 6.58 Å². The molecule has 2 heteroatoms. The predicted molar refractivity (Wildman–Crippen MR) is 64.0 cm³/mol. The van der Waals surface area contributed by atoms with Crippen LogP contribution in [0.25, 0.3) is 0 Å². The first kappa shape index (κ1) is 11.8. The van der Waals surface area contributed by atoms with E-state index in [9.17, 15) is 0 Å². The van der Waals surface area contributed by atoms with Gasteiger partial charge in [-0.1, -0.05) is 23.8 Å². The average molecular weight is 205 g/mol. The summed E-state index contributed by atoms with van der Waals surface area (Å²) in [5.74, 6) is 0.932. The lowest BCUT2D eigenvalue weighted by atomic mass is 10.1. The summed E-state index contributed by atoms with van der Waals surface area (Å²) in [5.41, 5.74) is 9.00. The topological polar surface area (TPSA) is 35.2 Å². The normalized spacial score (nSPS) is 10.1. The minimum absolute atomic E-state index is 0.518. The van der Waals surface area contributed by atoms with Crippen molar-refractivity contribution in [1.29, 1.82) is 0 Å². The van der Waals surface area contributed by atoms with E-state index >= 15 is 0 Å². The minimum Gasteiger partial charge on any atom is -0.493 e. The molecule has 2 N–H and O–H groups in total. The fraction of sp³-hybridized carbons (Fsp3) is 0.385. The van der Waals surface area contributed by atoms with Crippen molar-refractivity contribution in [2.24, 2.45) is 5.73 Å². The standard InChI is InChI=1S/C13H19NO/c1-10(2)7-8-15-13-11(3)5-4-6-12(13)9-14/h4-6H,1,7-9,14H2,2-3H3. The number of nitrogens with two attached hydrogens (primary N) is 1. The van der Waals surface area contributed by atoms with E-state index in [0.29, 0.717) is 13.2 Å². The van der Waals surface area contributed by atoms with Crippen molar-refractivity contribution in [1.82, 2.24) is 0 Å². The third-order valence-electron chi connectivity index (χ3n) is 2.29. The van der Waals surface area contributed by atoms with Gasteiger partial charge in [0.15, 0.2) is 0 Å². The maximum absolute atomic E-state index is 5.73. The quantitative estimate of drug-likeness (QED) is 0.750. The summed E-state index contributed by atoms with van der Waals surface area (Å²) in [6.45, 7) is 9.08. The smallest absolute Gasteiger partial charge is 0.126 e. The van der Waals surface area contributed by atoms with Crippen LogP contribution in [0.2, 0.25) is 0 Å². The van der Waals surface area contributed by atoms with Gasteiger partial charge in [-0.2, -0.15) is 0 Å². The molecule has 0 radical (unpaired) electrons. The van der Waals surface area contributed by atoms with Gasteiger partial charge >= 0.3 is 0 Å². The maximum Gasteiger partial charge on any atom is 0.126 e. The molecule has 0 saturated heterocycles. The second-order valence-electron chi connectivity index (χ2n) is 3.82. The largest absolute Gasteiger partial charge is 0.493 e. The van der Waals surface area contributed by atoms with Crippen LogP contribution in [0.15, 0.2) is 30.4 Å². The molecule has 0 heterocycles. The maximum atomic E-state index is 5.73. The molecule has 15 heavy (non-hydrogen) atoms. The average Bonchev–Trinajstić information content (AvgIpc) is 2.20. The summed E-state index contributed by atoms with van der Waals surface area (Å²) in [6.07, 6.45) is 0.887. The van der Waals surface area contributed by atoms with Crippen LogP contribution >= 0.6 is 0 Å². The first-order valence-electron chi connectivity index (χ1n) is 5.21. The van der Waals surface area contributed by atoms with Gasteiger partial charge in [-0.3, -0.25) is 0 Å². The summed E-state index contributed by atoms with van der Waals surface area (Å²) in [4.78, 5) is 0. The minimum atomic E-state index is 0.518. The van der Waals surface area contributed by atoms with Gasteiger partial charge < -0.3 is 10.5 Å². The van der Waals surface area contributed by atoms with Crippen LogP contribution in [0.5, 0.6) is 5.75 Å². The lowest BCUT2D eigenvalue weighted by Crippen LogP contribution is -2.05. The fourth-order valence-corrected chi connectivity index (χ4v) is 1.41. The van der Waals surface area contributed by atoms with Crippen LogP contribution in [0.1, 0.15) is 24.5 Å². The zero-order valence-corrected chi connectivity index (χ0v) is 9.55. The number of aryl methyl sites for hydroxylation is 1. The van der Waals surface area contributed by atoms with Gasteiger partial charge in [0.25, 0.3) is 0 Å². The van der Waals surface area contributed by atoms with Crippen molar-refractivity contribution < 1.29 is 4.74 Å². The van der Waals surface area contributed by atoms with Crippen LogP contribution in [0.3, 0.4) is 0 Å². The second-order valence-corrected chi connectivity index (χ2v) is 3.82. The number of hydrogen-bond donors (Lipinski definition) is 1. The Labute approximate surface area is 91.7 Å². The first-order valence-corrected chi connectivity index (χ1v) is 5.21. The van der Waals surface area contributed by atoms with Crippen molar-refractivity contribution >= 4 is 0 Å². The van der Waals surface area contributed by atoms with E-state index in [1.54, 1.807) is 0 Å². The number of para-hydroxylation sites is 1. The SMILES string of the molecule is C=C(C)CCOc1c(C)cccc1CN. The van der Waals surface area contributed by atoms with Crippen LogP contribution < -0.4 is 10.5 Å². The molecule has 0 aliphatic rings. The molecule has 0 amide bonds. The van der Waals surface area contributed by atoms with Crippen molar-refractivity contribution in [3.05, 3.63) is 41.5 Å². The lowest BCUT2D eigenvalue weighted by molar-refractivity contribution is 0.316. The van der Waals surface area contributed by atoms with E-state index in [1.165, 1.54) is 0 Å². The summed E-state index contributed by atoms with van der Waals surface area (Å²) in [6, 6.07) is 6.04. The number of benzene rings is 1. The van der Waals surface area contributed by atoms with Crippen molar-refractivity contribution in [3.63, 3.8) is 0 Å². The highest BCUT2D eigenvalue weighted by Crippen LogP contribution is 2.23. The molecule has 0 saturated carbocycles. The van der Waals surface area contributed by atoms with Gasteiger partial charge in [0.05, 0.1) is 6.61 Å². The van der Waals surface area contributed by atoms with Gasteiger partial charge in [-0.05, 0) is 19.4 Å². The van der Waals surface area contributed by atoms with E-state index in [0.717, 1.165) is 28.9 Å². The summed E-state index contributed by atoms with van der Waals surface area (Å²) < 4.78 is 5.73.